The van der Waals surface area contributed by atoms with Crippen molar-refractivity contribution in [3.05, 3.63) is 12.0 Å². The van der Waals surface area contributed by atoms with E-state index in [9.17, 15) is 0 Å². The number of aromatic nitrogens is 4. The van der Waals surface area contributed by atoms with Crippen LogP contribution in [0, 0.1) is 0 Å². The highest BCUT2D eigenvalue weighted by Gasteiger charge is 2.12. The van der Waals surface area contributed by atoms with E-state index in [1.165, 1.54) is 0 Å². The SMILES string of the molecule is CCNc1nc(COC(C)COCC)nc2c1cnn2C. The number of rotatable bonds is 8. The summed E-state index contributed by atoms with van der Waals surface area (Å²) in [7, 11) is 1.87. The normalized spacial score (nSPS) is 12.8. The molecule has 0 amide bonds. The van der Waals surface area contributed by atoms with Crippen LogP contribution in [-0.4, -0.2) is 45.6 Å². The minimum atomic E-state index is 0.0124. The molecule has 1 unspecified atom stereocenters. The molecular formula is C14H23N5O2. The average Bonchev–Trinajstić information content (AvgIpc) is 2.85. The zero-order valence-corrected chi connectivity index (χ0v) is 13.1. The molecule has 0 saturated heterocycles. The smallest absolute Gasteiger partial charge is 0.163 e. The summed E-state index contributed by atoms with van der Waals surface area (Å²) in [6.45, 7) is 8.39. The van der Waals surface area contributed by atoms with Crippen LogP contribution in [0.4, 0.5) is 5.82 Å². The first-order valence-corrected chi connectivity index (χ1v) is 7.27. The molecule has 0 aliphatic rings. The zero-order valence-electron chi connectivity index (χ0n) is 13.1. The highest BCUT2D eigenvalue weighted by Crippen LogP contribution is 2.19. The van der Waals surface area contributed by atoms with E-state index in [1.807, 2.05) is 27.8 Å². The standard InChI is InChI=1S/C14H23N5O2/c1-5-15-13-11-7-16-19(4)14(11)18-12(17-13)9-21-10(3)8-20-6-2/h7,10H,5-6,8-9H2,1-4H3,(H,15,17,18). The maximum atomic E-state index is 5.72. The van der Waals surface area contributed by atoms with Crippen molar-refractivity contribution in [2.75, 3.05) is 25.1 Å². The van der Waals surface area contributed by atoms with Gasteiger partial charge >= 0.3 is 0 Å². The molecule has 7 heteroatoms. The van der Waals surface area contributed by atoms with Gasteiger partial charge in [-0.1, -0.05) is 0 Å². The summed E-state index contributed by atoms with van der Waals surface area (Å²) in [5, 5.41) is 8.39. The van der Waals surface area contributed by atoms with E-state index in [0.29, 0.717) is 25.6 Å². The van der Waals surface area contributed by atoms with E-state index in [2.05, 4.69) is 20.4 Å². The van der Waals surface area contributed by atoms with Gasteiger partial charge in [-0.25, -0.2) is 9.97 Å². The van der Waals surface area contributed by atoms with Gasteiger partial charge in [0.25, 0.3) is 0 Å². The molecule has 0 spiro atoms. The van der Waals surface area contributed by atoms with Crippen LogP contribution < -0.4 is 5.32 Å². The molecule has 2 rings (SSSR count). The van der Waals surface area contributed by atoms with E-state index < -0.39 is 0 Å². The largest absolute Gasteiger partial charge is 0.379 e. The molecule has 2 heterocycles. The molecule has 0 aliphatic carbocycles. The Kier molecular flexibility index (Phi) is 5.46. The summed E-state index contributed by atoms with van der Waals surface area (Å²) < 4.78 is 12.8. The van der Waals surface area contributed by atoms with Gasteiger partial charge in [-0.3, -0.25) is 4.68 Å². The quantitative estimate of drug-likeness (QED) is 0.799. The van der Waals surface area contributed by atoms with E-state index in [1.54, 1.807) is 10.9 Å². The Morgan fingerprint density at radius 2 is 2.14 bits per heavy atom. The van der Waals surface area contributed by atoms with Crippen LogP contribution in [0.3, 0.4) is 0 Å². The highest BCUT2D eigenvalue weighted by atomic mass is 16.5. The van der Waals surface area contributed by atoms with E-state index in [0.717, 1.165) is 23.4 Å². The van der Waals surface area contributed by atoms with Crippen LogP contribution in [-0.2, 0) is 23.1 Å². The number of ether oxygens (including phenoxy) is 2. The van der Waals surface area contributed by atoms with Gasteiger partial charge in [-0.15, -0.1) is 0 Å². The summed E-state index contributed by atoms with van der Waals surface area (Å²) in [5.41, 5.74) is 0.803. The first-order chi connectivity index (χ1) is 10.2. The van der Waals surface area contributed by atoms with Crippen molar-refractivity contribution < 1.29 is 9.47 Å². The Bertz CT molecular complexity index is 584. The minimum absolute atomic E-state index is 0.0124. The van der Waals surface area contributed by atoms with Crippen LogP contribution in [0.1, 0.15) is 26.6 Å². The maximum Gasteiger partial charge on any atom is 0.163 e. The van der Waals surface area contributed by atoms with Crippen molar-refractivity contribution in [1.82, 2.24) is 19.7 Å². The number of anilines is 1. The molecule has 21 heavy (non-hydrogen) atoms. The van der Waals surface area contributed by atoms with Crippen molar-refractivity contribution in [2.45, 2.75) is 33.5 Å². The predicted octanol–water partition coefficient (Wildman–Crippen LogP) is 1.74. The van der Waals surface area contributed by atoms with Crippen LogP contribution in [0.5, 0.6) is 0 Å². The van der Waals surface area contributed by atoms with Gasteiger partial charge < -0.3 is 14.8 Å². The molecular weight excluding hydrogens is 270 g/mol. The number of hydrogen-bond acceptors (Lipinski definition) is 6. The third-order valence-corrected chi connectivity index (χ3v) is 3.04. The Morgan fingerprint density at radius 3 is 2.86 bits per heavy atom. The topological polar surface area (TPSA) is 74.1 Å². The van der Waals surface area contributed by atoms with E-state index in [-0.39, 0.29) is 6.10 Å². The fourth-order valence-electron chi connectivity index (χ4n) is 1.98. The molecule has 1 atom stereocenters. The monoisotopic (exact) mass is 293 g/mol. The van der Waals surface area contributed by atoms with Gasteiger partial charge in [0.05, 0.1) is 24.3 Å². The molecule has 116 valence electrons. The maximum absolute atomic E-state index is 5.72. The molecule has 0 aromatic carbocycles. The predicted molar refractivity (Wildman–Crippen MR) is 81.2 cm³/mol. The summed E-state index contributed by atoms with van der Waals surface area (Å²) in [6, 6.07) is 0. The van der Waals surface area contributed by atoms with Crippen LogP contribution >= 0.6 is 0 Å². The van der Waals surface area contributed by atoms with Crippen molar-refractivity contribution in [3.8, 4) is 0 Å². The Hall–Kier alpha value is -1.73. The molecule has 0 aliphatic heterocycles. The summed E-state index contributed by atoms with van der Waals surface area (Å²) in [5.74, 6) is 1.44. The Balaban J connectivity index is 2.14. The first-order valence-electron chi connectivity index (χ1n) is 7.27. The highest BCUT2D eigenvalue weighted by molar-refractivity contribution is 5.86. The average molecular weight is 293 g/mol. The van der Waals surface area contributed by atoms with Crippen molar-refractivity contribution in [3.63, 3.8) is 0 Å². The Labute approximate surface area is 124 Å². The molecule has 2 aromatic rings. The van der Waals surface area contributed by atoms with Crippen LogP contribution in [0.2, 0.25) is 0 Å². The number of nitrogens with one attached hydrogen (secondary N) is 1. The number of hydrogen-bond donors (Lipinski definition) is 1. The lowest BCUT2D eigenvalue weighted by Gasteiger charge is -2.13. The molecule has 7 nitrogen and oxygen atoms in total. The first kappa shape index (κ1) is 15.7. The summed E-state index contributed by atoms with van der Waals surface area (Å²) in [4.78, 5) is 9.03. The van der Waals surface area contributed by atoms with E-state index >= 15 is 0 Å². The van der Waals surface area contributed by atoms with Gasteiger partial charge in [0.2, 0.25) is 0 Å². The molecule has 0 saturated carbocycles. The molecule has 1 N–H and O–H groups in total. The van der Waals surface area contributed by atoms with Gasteiger partial charge in [0.15, 0.2) is 11.5 Å². The van der Waals surface area contributed by atoms with Gasteiger partial charge in [-0.2, -0.15) is 5.10 Å². The molecule has 0 radical (unpaired) electrons. The minimum Gasteiger partial charge on any atom is -0.379 e. The van der Waals surface area contributed by atoms with Crippen molar-refractivity contribution in [1.29, 1.82) is 0 Å². The number of fused-ring (bicyclic) bond motifs is 1. The third-order valence-electron chi connectivity index (χ3n) is 3.04. The summed E-state index contributed by atoms with van der Waals surface area (Å²) >= 11 is 0. The number of aryl methyl sites for hydroxylation is 1. The zero-order chi connectivity index (χ0) is 15.2. The lowest BCUT2D eigenvalue weighted by atomic mass is 10.3. The lowest BCUT2D eigenvalue weighted by molar-refractivity contribution is -0.0138. The van der Waals surface area contributed by atoms with Gasteiger partial charge in [-0.05, 0) is 20.8 Å². The fourth-order valence-corrected chi connectivity index (χ4v) is 1.98. The van der Waals surface area contributed by atoms with E-state index in [4.69, 9.17) is 9.47 Å². The molecule has 0 bridgehead atoms. The molecule has 0 fully saturated rings. The lowest BCUT2D eigenvalue weighted by Crippen LogP contribution is -2.17. The Morgan fingerprint density at radius 1 is 1.33 bits per heavy atom. The van der Waals surface area contributed by atoms with Crippen LogP contribution in [0.15, 0.2) is 6.20 Å². The fraction of sp³-hybridized carbons (Fsp3) is 0.643. The van der Waals surface area contributed by atoms with Crippen LogP contribution in [0.25, 0.3) is 11.0 Å². The second kappa shape index (κ2) is 7.33. The van der Waals surface area contributed by atoms with Gasteiger partial charge in [0.1, 0.15) is 12.4 Å². The van der Waals surface area contributed by atoms with Crippen molar-refractivity contribution >= 4 is 16.9 Å². The number of nitrogens with zero attached hydrogens (tertiary/aromatic N) is 4. The third kappa shape index (κ3) is 3.89. The van der Waals surface area contributed by atoms with Gasteiger partial charge in [0, 0.05) is 20.2 Å². The van der Waals surface area contributed by atoms with Crippen molar-refractivity contribution in [2.24, 2.45) is 7.05 Å². The summed E-state index contributed by atoms with van der Waals surface area (Å²) in [6.07, 6.45) is 1.79. The second-order valence-electron chi connectivity index (χ2n) is 4.81. The molecule has 2 aromatic heterocycles. The second-order valence-corrected chi connectivity index (χ2v) is 4.81.